The number of halogens is 1. The summed E-state index contributed by atoms with van der Waals surface area (Å²) in [5.41, 5.74) is 7.00. The van der Waals surface area contributed by atoms with E-state index in [9.17, 15) is 9.59 Å². The zero-order chi connectivity index (χ0) is 38.3. The van der Waals surface area contributed by atoms with Crippen molar-refractivity contribution in [3.05, 3.63) is 83.0 Å². The number of pyridine rings is 1. The SMILES string of the molecule is CCOC(=O)CC1CN(Cc2c(OC)cc(-n3ncc4c(-c5cccc(-c6ccc(CN7CC8(CNC(=O)C8)C7)c(OC)n6)c5Cl)cccc43)cc2OC)C1. The van der Waals surface area contributed by atoms with Gasteiger partial charge in [0.1, 0.15) is 11.5 Å². The molecule has 3 aliphatic heterocycles. The molecule has 1 N–H and O–H groups in total. The van der Waals surface area contributed by atoms with E-state index in [1.807, 2.05) is 66.3 Å². The maximum atomic E-state index is 11.9. The molecule has 286 valence electrons. The lowest BCUT2D eigenvalue weighted by atomic mass is 9.79. The third-order valence-electron chi connectivity index (χ3n) is 11.0. The van der Waals surface area contributed by atoms with Gasteiger partial charge in [-0.15, -0.1) is 0 Å². The van der Waals surface area contributed by atoms with E-state index in [2.05, 4.69) is 27.2 Å². The molecular formula is C42H45ClN6O6. The number of amides is 1. The number of ether oxygens (including phenoxy) is 4. The monoisotopic (exact) mass is 764 g/mol. The Labute approximate surface area is 325 Å². The van der Waals surface area contributed by atoms with E-state index in [1.54, 1.807) is 21.3 Å². The minimum Gasteiger partial charge on any atom is -0.496 e. The number of methoxy groups -OCH3 is 3. The summed E-state index contributed by atoms with van der Waals surface area (Å²) < 4.78 is 24.6. The van der Waals surface area contributed by atoms with E-state index in [1.165, 1.54) is 0 Å². The van der Waals surface area contributed by atoms with Crippen LogP contribution in [0.25, 0.3) is 39.0 Å². The van der Waals surface area contributed by atoms with Crippen molar-refractivity contribution in [2.75, 3.05) is 60.7 Å². The van der Waals surface area contributed by atoms with Crippen LogP contribution in [0.4, 0.5) is 0 Å². The summed E-state index contributed by atoms with van der Waals surface area (Å²) in [5, 5.41) is 9.32. The summed E-state index contributed by atoms with van der Waals surface area (Å²) in [5.74, 6) is 2.24. The van der Waals surface area contributed by atoms with Gasteiger partial charge in [-0.05, 0) is 30.5 Å². The number of carbonyl (C=O) groups is 2. The van der Waals surface area contributed by atoms with Crippen molar-refractivity contribution < 1.29 is 28.5 Å². The van der Waals surface area contributed by atoms with Gasteiger partial charge in [-0.3, -0.25) is 19.4 Å². The van der Waals surface area contributed by atoms with Crippen molar-refractivity contribution in [2.24, 2.45) is 11.3 Å². The number of carbonyl (C=O) groups excluding carboxylic acids is 2. The Hall–Kier alpha value is -5.17. The van der Waals surface area contributed by atoms with Crippen molar-refractivity contribution in [1.82, 2.24) is 29.9 Å². The molecule has 5 heterocycles. The van der Waals surface area contributed by atoms with Gasteiger partial charge in [0.2, 0.25) is 11.8 Å². The summed E-state index contributed by atoms with van der Waals surface area (Å²) in [7, 11) is 4.96. The normalized spacial score (nSPS) is 16.9. The number of rotatable bonds is 13. The van der Waals surface area contributed by atoms with Crippen LogP contribution < -0.4 is 19.5 Å². The fourth-order valence-electron chi connectivity index (χ4n) is 8.44. The van der Waals surface area contributed by atoms with Crippen LogP contribution in [-0.2, 0) is 27.4 Å². The van der Waals surface area contributed by atoms with Crippen LogP contribution in [0.3, 0.4) is 0 Å². The van der Waals surface area contributed by atoms with E-state index in [-0.39, 0.29) is 23.2 Å². The third-order valence-corrected chi connectivity index (χ3v) is 11.4. The van der Waals surface area contributed by atoms with E-state index < -0.39 is 0 Å². The molecule has 12 nitrogen and oxygen atoms in total. The number of aromatic nitrogens is 3. The first kappa shape index (κ1) is 36.8. The molecule has 0 atom stereocenters. The van der Waals surface area contributed by atoms with Gasteiger partial charge in [0.25, 0.3) is 0 Å². The number of esters is 1. The maximum Gasteiger partial charge on any atom is 0.306 e. The minimum atomic E-state index is -0.145. The van der Waals surface area contributed by atoms with Crippen molar-refractivity contribution in [3.8, 4) is 45.5 Å². The van der Waals surface area contributed by atoms with Crippen LogP contribution in [0, 0.1) is 11.3 Å². The molecule has 0 radical (unpaired) electrons. The molecule has 3 saturated heterocycles. The maximum absolute atomic E-state index is 11.9. The Kier molecular flexibility index (Phi) is 10.1. The largest absolute Gasteiger partial charge is 0.496 e. The van der Waals surface area contributed by atoms with E-state index in [4.69, 9.17) is 40.6 Å². The summed E-state index contributed by atoms with van der Waals surface area (Å²) in [6, 6.07) is 20.1. The third kappa shape index (κ3) is 7.10. The molecule has 2 aromatic heterocycles. The summed E-state index contributed by atoms with van der Waals surface area (Å²) >= 11 is 7.23. The van der Waals surface area contributed by atoms with Gasteiger partial charge in [-0.1, -0.05) is 48.0 Å². The second kappa shape index (κ2) is 15.2. The van der Waals surface area contributed by atoms with Crippen molar-refractivity contribution >= 4 is 34.4 Å². The van der Waals surface area contributed by atoms with Crippen LogP contribution in [0.1, 0.15) is 30.9 Å². The minimum absolute atomic E-state index is 0.0584. The second-order valence-corrected chi connectivity index (χ2v) is 15.2. The number of benzene rings is 3. The van der Waals surface area contributed by atoms with E-state index >= 15 is 0 Å². The second-order valence-electron chi connectivity index (χ2n) is 14.8. The quantitative estimate of drug-likeness (QED) is 0.140. The average molecular weight is 765 g/mol. The number of nitrogens with one attached hydrogen (secondary N) is 1. The zero-order valence-electron chi connectivity index (χ0n) is 31.6. The average Bonchev–Trinajstić information content (AvgIpc) is 3.78. The Morgan fingerprint density at radius 3 is 2.35 bits per heavy atom. The van der Waals surface area contributed by atoms with E-state index in [0.717, 1.165) is 77.1 Å². The molecule has 8 rings (SSSR count). The summed E-state index contributed by atoms with van der Waals surface area (Å²) in [4.78, 5) is 33.2. The molecule has 3 aliphatic rings. The summed E-state index contributed by atoms with van der Waals surface area (Å²) in [6.07, 6.45) is 2.89. The molecule has 5 aromatic rings. The Morgan fingerprint density at radius 1 is 0.927 bits per heavy atom. The van der Waals surface area contributed by atoms with Crippen LogP contribution in [0.15, 0.2) is 66.9 Å². The number of likely N-dealkylation sites (tertiary alicyclic amines) is 2. The molecule has 1 amide bonds. The number of hydrogen-bond acceptors (Lipinski definition) is 10. The number of nitrogens with zero attached hydrogens (tertiary/aromatic N) is 5. The fourth-order valence-corrected chi connectivity index (χ4v) is 8.76. The Balaban J connectivity index is 1.04. The fraction of sp³-hybridized carbons (Fsp3) is 0.381. The molecule has 13 heteroatoms. The number of fused-ring (bicyclic) bond motifs is 1. The molecule has 0 saturated carbocycles. The zero-order valence-corrected chi connectivity index (χ0v) is 32.3. The highest BCUT2D eigenvalue weighted by Crippen LogP contribution is 2.42. The predicted octanol–water partition coefficient (Wildman–Crippen LogP) is 6.14. The Morgan fingerprint density at radius 2 is 1.65 bits per heavy atom. The van der Waals surface area contributed by atoms with Crippen molar-refractivity contribution in [1.29, 1.82) is 0 Å². The lowest BCUT2D eigenvalue weighted by molar-refractivity contribution is -0.145. The van der Waals surface area contributed by atoms with Gasteiger partial charge < -0.3 is 24.3 Å². The highest BCUT2D eigenvalue weighted by Gasteiger charge is 2.48. The van der Waals surface area contributed by atoms with Crippen LogP contribution >= 0.6 is 11.6 Å². The lowest BCUT2D eigenvalue weighted by Crippen LogP contribution is -2.56. The molecule has 55 heavy (non-hydrogen) atoms. The Bertz CT molecular complexity index is 2240. The van der Waals surface area contributed by atoms with Crippen LogP contribution in [0.5, 0.6) is 17.4 Å². The predicted molar refractivity (Wildman–Crippen MR) is 210 cm³/mol. The first-order valence-electron chi connectivity index (χ1n) is 18.6. The molecule has 0 unspecified atom stereocenters. The van der Waals surface area contributed by atoms with E-state index in [0.29, 0.717) is 60.6 Å². The topological polar surface area (TPSA) is 120 Å². The van der Waals surface area contributed by atoms with Crippen LogP contribution in [-0.4, -0.2) is 97.1 Å². The molecular weight excluding hydrogens is 720 g/mol. The number of hydrogen-bond donors (Lipinski definition) is 1. The molecule has 1 spiro atoms. The van der Waals surface area contributed by atoms with Gasteiger partial charge in [-0.2, -0.15) is 5.10 Å². The molecule has 3 aromatic carbocycles. The van der Waals surface area contributed by atoms with Crippen molar-refractivity contribution in [3.63, 3.8) is 0 Å². The highest BCUT2D eigenvalue weighted by molar-refractivity contribution is 6.36. The van der Waals surface area contributed by atoms with Gasteiger partial charge >= 0.3 is 5.97 Å². The van der Waals surface area contributed by atoms with Gasteiger partial charge in [-0.25, -0.2) is 9.67 Å². The van der Waals surface area contributed by atoms with Crippen molar-refractivity contribution in [2.45, 2.75) is 32.9 Å². The summed E-state index contributed by atoms with van der Waals surface area (Å²) in [6.45, 7) is 7.67. The standard InChI is InChI=1S/C42H45ClN6O6/c1-5-55-39(51)14-26-19-47(20-26)22-33-36(52-2)15-28(16-37(33)53-3)49-35-11-7-8-29(32(35)18-45-49)30-9-6-10-31(40(30)43)34-13-12-27(41(46-34)54-4)21-48-24-42(25-48)17-38(50)44-23-42/h6-13,15-16,18,26H,5,14,17,19-25H2,1-4H3,(H,44,50). The van der Waals surface area contributed by atoms with Crippen LogP contribution in [0.2, 0.25) is 5.02 Å². The molecule has 0 aliphatic carbocycles. The molecule has 3 fully saturated rings. The first-order chi connectivity index (χ1) is 26.7. The first-order valence-corrected chi connectivity index (χ1v) is 19.0. The lowest BCUT2D eigenvalue weighted by Gasteiger charge is -2.47. The van der Waals surface area contributed by atoms with Gasteiger partial charge in [0.05, 0.1) is 68.0 Å². The van der Waals surface area contributed by atoms with Gasteiger partial charge in [0.15, 0.2) is 0 Å². The highest BCUT2D eigenvalue weighted by atomic mass is 35.5. The smallest absolute Gasteiger partial charge is 0.306 e. The molecule has 0 bridgehead atoms. The van der Waals surface area contributed by atoms with Gasteiger partial charge in [0, 0.05) is 91.9 Å².